The Kier molecular flexibility index (Phi) is 2.89. The molecule has 2 heterocycles. The van der Waals surface area contributed by atoms with Crippen LogP contribution < -0.4 is 0 Å². The van der Waals surface area contributed by atoms with Gasteiger partial charge in [-0.1, -0.05) is 17.7 Å². The molecule has 76 valence electrons. The van der Waals surface area contributed by atoms with E-state index in [1.807, 2.05) is 0 Å². The minimum absolute atomic E-state index is 0.203. The molecule has 2 aromatic rings. The molecule has 1 atom stereocenters. The minimum Gasteiger partial charge on any atom is -0.382 e. The fraction of sp³-hybridized carbons (Fsp3) is 0.100. The van der Waals surface area contributed by atoms with E-state index < -0.39 is 6.10 Å². The highest BCUT2D eigenvalue weighted by Crippen LogP contribution is 2.23. The van der Waals surface area contributed by atoms with Gasteiger partial charge in [-0.25, -0.2) is 4.98 Å². The zero-order valence-electron chi connectivity index (χ0n) is 7.71. The summed E-state index contributed by atoms with van der Waals surface area (Å²) in [6, 6.07) is 3.49. The van der Waals surface area contributed by atoms with Crippen LogP contribution in [0.4, 0.5) is 0 Å². The highest BCUT2D eigenvalue weighted by Gasteiger charge is 2.15. The third-order valence-electron chi connectivity index (χ3n) is 1.94. The van der Waals surface area contributed by atoms with Gasteiger partial charge >= 0.3 is 0 Å². The molecule has 0 spiro atoms. The van der Waals surface area contributed by atoms with Crippen LogP contribution in [0.5, 0.6) is 0 Å². The molecule has 4 nitrogen and oxygen atoms in total. The fourth-order valence-electron chi connectivity index (χ4n) is 1.21. The molecular formula is C10H8ClN3O. The second-order valence-electron chi connectivity index (χ2n) is 2.92. The standard InChI is InChI=1S/C10H8ClN3O/c11-10-8(13-4-5-14-10)9(15)7-2-1-3-12-6-7/h1-6,9,15H. The van der Waals surface area contributed by atoms with Gasteiger partial charge in [0.1, 0.15) is 11.8 Å². The normalized spacial score (nSPS) is 12.4. The summed E-state index contributed by atoms with van der Waals surface area (Å²) in [6.45, 7) is 0. The lowest BCUT2D eigenvalue weighted by Gasteiger charge is -2.09. The maximum atomic E-state index is 9.95. The fourth-order valence-corrected chi connectivity index (χ4v) is 1.42. The number of hydrogen-bond donors (Lipinski definition) is 1. The topological polar surface area (TPSA) is 58.9 Å². The van der Waals surface area contributed by atoms with Crippen molar-refractivity contribution in [1.82, 2.24) is 15.0 Å². The van der Waals surface area contributed by atoms with Crippen molar-refractivity contribution in [1.29, 1.82) is 0 Å². The SMILES string of the molecule is OC(c1cccnc1)c1nccnc1Cl. The van der Waals surface area contributed by atoms with Crippen molar-refractivity contribution < 1.29 is 5.11 Å². The summed E-state index contributed by atoms with van der Waals surface area (Å²) in [5.74, 6) is 0. The molecule has 5 heteroatoms. The summed E-state index contributed by atoms with van der Waals surface area (Å²) >= 11 is 5.81. The van der Waals surface area contributed by atoms with E-state index in [1.54, 1.807) is 24.5 Å². The van der Waals surface area contributed by atoms with Gasteiger partial charge in [0, 0.05) is 30.4 Å². The Labute approximate surface area is 91.6 Å². The van der Waals surface area contributed by atoms with Crippen molar-refractivity contribution >= 4 is 11.6 Å². The molecule has 0 amide bonds. The minimum atomic E-state index is -0.889. The second kappa shape index (κ2) is 4.33. The van der Waals surface area contributed by atoms with Crippen LogP contribution in [0, 0.1) is 0 Å². The van der Waals surface area contributed by atoms with Crippen LogP contribution in [0.2, 0.25) is 5.15 Å². The Morgan fingerprint density at radius 3 is 2.67 bits per heavy atom. The Morgan fingerprint density at radius 1 is 1.20 bits per heavy atom. The Bertz CT molecular complexity index is 449. The molecule has 0 aromatic carbocycles. The first-order valence-electron chi connectivity index (χ1n) is 4.33. The first-order valence-corrected chi connectivity index (χ1v) is 4.71. The number of rotatable bonds is 2. The summed E-state index contributed by atoms with van der Waals surface area (Å²) < 4.78 is 0. The first kappa shape index (κ1) is 10.0. The van der Waals surface area contributed by atoms with E-state index in [-0.39, 0.29) is 5.15 Å². The largest absolute Gasteiger partial charge is 0.382 e. The molecule has 0 aliphatic heterocycles. The molecule has 1 N–H and O–H groups in total. The van der Waals surface area contributed by atoms with E-state index in [2.05, 4.69) is 15.0 Å². The third-order valence-corrected chi connectivity index (χ3v) is 2.23. The molecular weight excluding hydrogens is 214 g/mol. The van der Waals surface area contributed by atoms with Gasteiger partial charge < -0.3 is 5.11 Å². The third kappa shape index (κ3) is 2.11. The highest BCUT2D eigenvalue weighted by atomic mass is 35.5. The number of aliphatic hydroxyl groups is 1. The van der Waals surface area contributed by atoms with Crippen LogP contribution in [0.1, 0.15) is 17.4 Å². The van der Waals surface area contributed by atoms with Crippen LogP contribution in [-0.2, 0) is 0 Å². The van der Waals surface area contributed by atoms with Gasteiger partial charge in [0.15, 0.2) is 5.15 Å². The van der Waals surface area contributed by atoms with E-state index in [4.69, 9.17) is 11.6 Å². The average Bonchev–Trinajstić information content (AvgIpc) is 2.30. The van der Waals surface area contributed by atoms with Crippen LogP contribution in [0.15, 0.2) is 36.9 Å². The van der Waals surface area contributed by atoms with Crippen LogP contribution in [0.25, 0.3) is 0 Å². The Hall–Kier alpha value is -1.52. The van der Waals surface area contributed by atoms with Gasteiger partial charge in [-0.3, -0.25) is 9.97 Å². The molecule has 0 aliphatic carbocycles. The van der Waals surface area contributed by atoms with Gasteiger partial charge in [0.2, 0.25) is 0 Å². The summed E-state index contributed by atoms with van der Waals surface area (Å²) in [5, 5.41) is 10.1. The van der Waals surface area contributed by atoms with Gasteiger partial charge in [-0.2, -0.15) is 0 Å². The van der Waals surface area contributed by atoms with Crippen LogP contribution in [-0.4, -0.2) is 20.1 Å². The van der Waals surface area contributed by atoms with E-state index in [9.17, 15) is 5.11 Å². The van der Waals surface area contributed by atoms with E-state index in [0.29, 0.717) is 11.3 Å². The maximum Gasteiger partial charge on any atom is 0.153 e. The zero-order chi connectivity index (χ0) is 10.7. The van der Waals surface area contributed by atoms with Gasteiger partial charge in [0.05, 0.1) is 0 Å². The quantitative estimate of drug-likeness (QED) is 0.837. The summed E-state index contributed by atoms with van der Waals surface area (Å²) in [7, 11) is 0. The number of hydrogen-bond acceptors (Lipinski definition) is 4. The average molecular weight is 222 g/mol. The lowest BCUT2D eigenvalue weighted by molar-refractivity contribution is 0.214. The molecule has 0 saturated carbocycles. The molecule has 0 radical (unpaired) electrons. The maximum absolute atomic E-state index is 9.95. The van der Waals surface area contributed by atoms with Gasteiger partial charge in [-0.05, 0) is 6.07 Å². The molecule has 2 aromatic heterocycles. The smallest absolute Gasteiger partial charge is 0.153 e. The molecule has 0 saturated heterocycles. The van der Waals surface area contributed by atoms with Crippen LogP contribution >= 0.6 is 11.6 Å². The number of pyridine rings is 1. The Balaban J connectivity index is 2.37. The molecule has 0 fully saturated rings. The summed E-state index contributed by atoms with van der Waals surface area (Å²) in [4.78, 5) is 11.7. The molecule has 1 unspecified atom stereocenters. The van der Waals surface area contributed by atoms with Crippen molar-refractivity contribution in [3.63, 3.8) is 0 Å². The summed E-state index contributed by atoms with van der Waals surface area (Å²) in [5.41, 5.74) is 0.979. The molecule has 0 aliphatic rings. The van der Waals surface area contributed by atoms with Crippen molar-refractivity contribution in [3.8, 4) is 0 Å². The van der Waals surface area contributed by atoms with E-state index in [0.717, 1.165) is 0 Å². The number of halogens is 1. The van der Waals surface area contributed by atoms with Crippen molar-refractivity contribution in [2.24, 2.45) is 0 Å². The summed E-state index contributed by atoms with van der Waals surface area (Å²) in [6.07, 6.45) is 5.27. The van der Waals surface area contributed by atoms with E-state index in [1.165, 1.54) is 12.4 Å². The lowest BCUT2D eigenvalue weighted by atomic mass is 10.1. The van der Waals surface area contributed by atoms with Crippen LogP contribution in [0.3, 0.4) is 0 Å². The van der Waals surface area contributed by atoms with E-state index >= 15 is 0 Å². The highest BCUT2D eigenvalue weighted by molar-refractivity contribution is 6.30. The zero-order valence-corrected chi connectivity index (χ0v) is 8.46. The number of nitrogens with zero attached hydrogens (tertiary/aromatic N) is 3. The van der Waals surface area contributed by atoms with Gasteiger partial charge in [-0.15, -0.1) is 0 Å². The molecule has 15 heavy (non-hydrogen) atoms. The first-order chi connectivity index (χ1) is 7.29. The second-order valence-corrected chi connectivity index (χ2v) is 3.28. The monoisotopic (exact) mass is 221 g/mol. The predicted molar refractivity (Wildman–Crippen MR) is 55.3 cm³/mol. The predicted octanol–water partition coefficient (Wildman–Crippen LogP) is 1.61. The van der Waals surface area contributed by atoms with Crippen molar-refractivity contribution in [2.45, 2.75) is 6.10 Å². The molecule has 2 rings (SSSR count). The van der Waals surface area contributed by atoms with Gasteiger partial charge in [0.25, 0.3) is 0 Å². The Morgan fingerprint density at radius 2 is 2.00 bits per heavy atom. The number of aliphatic hydroxyl groups excluding tert-OH is 1. The lowest BCUT2D eigenvalue weighted by Crippen LogP contribution is -2.04. The van der Waals surface area contributed by atoms with Crippen molar-refractivity contribution in [2.75, 3.05) is 0 Å². The number of aromatic nitrogens is 3. The van der Waals surface area contributed by atoms with Crippen molar-refractivity contribution in [3.05, 3.63) is 53.3 Å². The molecule has 0 bridgehead atoms.